The highest BCUT2D eigenvalue weighted by atomic mass is 16.2. The third kappa shape index (κ3) is 6.16. The van der Waals surface area contributed by atoms with Crippen molar-refractivity contribution in [3.05, 3.63) is 35.4 Å². The summed E-state index contributed by atoms with van der Waals surface area (Å²) in [7, 11) is 11.3. The Hall–Kier alpha value is -2.67. The first-order chi connectivity index (χ1) is 14.1. The lowest BCUT2D eigenvalue weighted by Gasteiger charge is -2.27. The van der Waals surface area contributed by atoms with Crippen molar-refractivity contribution in [2.45, 2.75) is 26.3 Å². The van der Waals surface area contributed by atoms with Gasteiger partial charge in [0.05, 0.1) is 5.52 Å². The molecule has 164 valence electrons. The van der Waals surface area contributed by atoms with Crippen LogP contribution in [-0.2, 0) is 16.1 Å². The van der Waals surface area contributed by atoms with Gasteiger partial charge in [-0.3, -0.25) is 9.59 Å². The number of para-hydroxylation sites is 1. The Bertz CT molecular complexity index is 893. The smallest absolute Gasteiger partial charge is 0.223 e. The number of carbonyl (C=O) groups excluding carboxylic acids is 2. The Balaban J connectivity index is 2.33. The number of hydrogen-bond acceptors (Lipinski definition) is 5. The lowest BCUT2D eigenvalue weighted by Crippen LogP contribution is -2.37. The van der Waals surface area contributed by atoms with Gasteiger partial charge in [-0.15, -0.1) is 0 Å². The summed E-state index contributed by atoms with van der Waals surface area (Å²) in [5.74, 6) is 0.817. The molecule has 0 atom stereocenters. The van der Waals surface area contributed by atoms with Crippen LogP contribution in [0.4, 0.5) is 5.82 Å². The van der Waals surface area contributed by atoms with E-state index in [2.05, 4.69) is 30.0 Å². The van der Waals surface area contributed by atoms with Crippen LogP contribution in [0.5, 0.6) is 0 Å². The molecule has 0 aliphatic heterocycles. The van der Waals surface area contributed by atoms with Crippen molar-refractivity contribution in [3.8, 4) is 0 Å². The van der Waals surface area contributed by atoms with Gasteiger partial charge >= 0.3 is 0 Å². The summed E-state index contributed by atoms with van der Waals surface area (Å²) >= 11 is 0. The predicted molar refractivity (Wildman–Crippen MR) is 123 cm³/mol. The number of anilines is 1. The maximum atomic E-state index is 13.0. The molecule has 0 fully saturated rings. The summed E-state index contributed by atoms with van der Waals surface area (Å²) in [6.45, 7) is 3.88. The molecular weight excluding hydrogens is 378 g/mol. The molecule has 1 aromatic carbocycles. The molecule has 1 aromatic heterocycles. The molecule has 0 aliphatic rings. The summed E-state index contributed by atoms with van der Waals surface area (Å²) < 4.78 is 0. The van der Waals surface area contributed by atoms with Crippen LogP contribution in [0.1, 0.15) is 24.0 Å². The molecular formula is C23H35N5O2. The molecule has 0 aliphatic carbocycles. The van der Waals surface area contributed by atoms with Gasteiger partial charge in [-0.25, -0.2) is 4.98 Å². The summed E-state index contributed by atoms with van der Waals surface area (Å²) in [5, 5.41) is 1.07. The average molecular weight is 414 g/mol. The average Bonchev–Trinajstić information content (AvgIpc) is 2.68. The molecule has 0 spiro atoms. The number of aryl methyl sites for hydroxylation is 1. The minimum Gasteiger partial charge on any atom is -0.362 e. The van der Waals surface area contributed by atoms with Crippen molar-refractivity contribution in [2.24, 2.45) is 0 Å². The number of pyridine rings is 1. The van der Waals surface area contributed by atoms with Crippen LogP contribution in [0.2, 0.25) is 0 Å². The number of nitrogens with zero attached hydrogens (tertiary/aromatic N) is 5. The first kappa shape index (κ1) is 23.6. The Kier molecular flexibility index (Phi) is 8.17. The Labute approximate surface area is 180 Å². The zero-order valence-corrected chi connectivity index (χ0v) is 19.4. The minimum absolute atomic E-state index is 0.0129. The normalized spacial score (nSPS) is 11.1. The second-order valence-corrected chi connectivity index (χ2v) is 8.42. The van der Waals surface area contributed by atoms with Gasteiger partial charge in [0.1, 0.15) is 5.82 Å². The fourth-order valence-electron chi connectivity index (χ4n) is 3.30. The van der Waals surface area contributed by atoms with Gasteiger partial charge < -0.3 is 19.6 Å². The lowest BCUT2D eigenvalue weighted by atomic mass is 10.1. The van der Waals surface area contributed by atoms with Crippen molar-refractivity contribution in [1.29, 1.82) is 0 Å². The van der Waals surface area contributed by atoms with Crippen molar-refractivity contribution < 1.29 is 9.59 Å². The second-order valence-electron chi connectivity index (χ2n) is 8.42. The van der Waals surface area contributed by atoms with Gasteiger partial charge in [-0.2, -0.15) is 0 Å². The van der Waals surface area contributed by atoms with Crippen LogP contribution >= 0.6 is 0 Å². The van der Waals surface area contributed by atoms with Crippen LogP contribution in [0, 0.1) is 6.92 Å². The number of benzene rings is 1. The summed E-state index contributed by atoms with van der Waals surface area (Å²) in [6.07, 6.45) is 0.432. The van der Waals surface area contributed by atoms with Crippen LogP contribution in [0.25, 0.3) is 10.9 Å². The molecule has 30 heavy (non-hydrogen) atoms. The molecule has 0 N–H and O–H groups in total. The number of hydrogen-bond donors (Lipinski definition) is 0. The predicted octanol–water partition coefficient (Wildman–Crippen LogP) is 2.37. The molecule has 2 aromatic rings. The van der Waals surface area contributed by atoms with Crippen LogP contribution in [0.15, 0.2) is 24.3 Å². The monoisotopic (exact) mass is 413 g/mol. The van der Waals surface area contributed by atoms with Gasteiger partial charge in [0.25, 0.3) is 0 Å². The number of carbonyl (C=O) groups is 2. The van der Waals surface area contributed by atoms with E-state index in [0.29, 0.717) is 13.1 Å². The fraction of sp³-hybridized carbons (Fsp3) is 0.522. The van der Waals surface area contributed by atoms with Crippen LogP contribution in [-0.4, -0.2) is 86.9 Å². The molecule has 0 radical (unpaired) electrons. The largest absolute Gasteiger partial charge is 0.362 e. The Morgan fingerprint density at radius 3 is 2.20 bits per heavy atom. The highest BCUT2D eigenvalue weighted by Gasteiger charge is 2.19. The van der Waals surface area contributed by atoms with E-state index in [4.69, 9.17) is 4.98 Å². The van der Waals surface area contributed by atoms with Gasteiger partial charge in [0.15, 0.2) is 0 Å². The molecule has 7 heteroatoms. The zero-order chi connectivity index (χ0) is 22.4. The van der Waals surface area contributed by atoms with Gasteiger partial charge in [-0.05, 0) is 32.6 Å². The lowest BCUT2D eigenvalue weighted by molar-refractivity contribution is -0.136. The maximum Gasteiger partial charge on any atom is 0.223 e. The van der Waals surface area contributed by atoms with Crippen LogP contribution in [0.3, 0.4) is 0 Å². The van der Waals surface area contributed by atoms with Gasteiger partial charge in [0.2, 0.25) is 11.8 Å². The van der Waals surface area contributed by atoms with E-state index in [1.54, 1.807) is 14.1 Å². The summed E-state index contributed by atoms with van der Waals surface area (Å²) in [6, 6.07) is 8.27. The molecule has 7 nitrogen and oxygen atoms in total. The van der Waals surface area contributed by atoms with Gasteiger partial charge in [-0.1, -0.05) is 18.2 Å². The minimum atomic E-state index is -0.0345. The molecule has 2 rings (SSSR count). The highest BCUT2D eigenvalue weighted by Crippen LogP contribution is 2.26. The number of amides is 2. The number of likely N-dealkylation sites (N-methyl/N-ethyl adjacent to an activating group) is 1. The topological polar surface area (TPSA) is 60.0 Å². The number of fused-ring (bicyclic) bond motifs is 1. The summed E-state index contributed by atoms with van der Waals surface area (Å²) in [5.41, 5.74) is 3.11. The van der Waals surface area contributed by atoms with Crippen molar-refractivity contribution in [2.75, 3.05) is 60.3 Å². The van der Waals surface area contributed by atoms with E-state index in [9.17, 15) is 9.59 Å². The molecule has 0 unspecified atom stereocenters. The van der Waals surface area contributed by atoms with E-state index >= 15 is 0 Å². The van der Waals surface area contributed by atoms with Crippen LogP contribution < -0.4 is 4.90 Å². The highest BCUT2D eigenvalue weighted by molar-refractivity contribution is 5.86. The standard InChI is InChI=1S/C23H35N5O2/c1-17-9-8-10-18-15-19(23(27(6)7)24-22(17)18)16-28(14-13-25(2)3)21(30)12-11-20(29)26(4)5/h8-10,15H,11-14,16H2,1-7H3. The Morgan fingerprint density at radius 1 is 0.933 bits per heavy atom. The van der Waals surface area contributed by atoms with Crippen molar-refractivity contribution in [3.63, 3.8) is 0 Å². The van der Waals surface area contributed by atoms with Crippen molar-refractivity contribution in [1.82, 2.24) is 19.7 Å². The van der Waals surface area contributed by atoms with E-state index in [-0.39, 0.29) is 24.7 Å². The third-order valence-electron chi connectivity index (χ3n) is 5.11. The summed E-state index contributed by atoms with van der Waals surface area (Å²) in [4.78, 5) is 37.2. The first-order valence-corrected chi connectivity index (χ1v) is 10.3. The number of rotatable bonds is 9. The van der Waals surface area contributed by atoms with E-state index in [1.807, 2.05) is 44.1 Å². The van der Waals surface area contributed by atoms with E-state index < -0.39 is 0 Å². The molecule has 0 bridgehead atoms. The zero-order valence-electron chi connectivity index (χ0n) is 19.4. The molecule has 1 heterocycles. The molecule has 0 saturated carbocycles. The fourth-order valence-corrected chi connectivity index (χ4v) is 3.30. The van der Waals surface area contributed by atoms with Crippen molar-refractivity contribution >= 4 is 28.5 Å². The van der Waals surface area contributed by atoms with Gasteiger partial charge in [0, 0.05) is 71.6 Å². The second kappa shape index (κ2) is 10.4. The SMILES string of the molecule is Cc1cccc2cc(CN(CCN(C)C)C(=O)CCC(=O)N(C)C)c(N(C)C)nc12. The quantitative estimate of drug-likeness (QED) is 0.632. The molecule has 0 saturated heterocycles. The van der Waals surface area contributed by atoms with E-state index in [0.717, 1.165) is 34.4 Å². The third-order valence-corrected chi connectivity index (χ3v) is 5.11. The molecule has 2 amide bonds. The number of aromatic nitrogens is 1. The maximum absolute atomic E-state index is 13.0. The van der Waals surface area contributed by atoms with E-state index in [1.165, 1.54) is 4.90 Å². The Morgan fingerprint density at radius 2 is 1.60 bits per heavy atom. The first-order valence-electron chi connectivity index (χ1n) is 10.3.